The number of nitrogens with zero attached hydrogens (tertiary/aromatic N) is 3. The molecule has 150 valence electrons. The number of piperidine rings is 1. The number of fused-ring (bicyclic) bond motifs is 1. The number of benzene rings is 1. The Kier molecular flexibility index (Phi) is 6.39. The van der Waals surface area contributed by atoms with Crippen molar-refractivity contribution in [2.45, 2.75) is 44.3 Å². The number of aromatic nitrogens is 2. The molecule has 2 atom stereocenters. The molecule has 2 N–H and O–H groups in total. The number of thioether (sulfide) groups is 1. The average Bonchev–Trinajstić information content (AvgIpc) is 2.71. The van der Waals surface area contributed by atoms with Crippen molar-refractivity contribution in [3.05, 3.63) is 34.6 Å². The minimum atomic E-state index is -0.355. The summed E-state index contributed by atoms with van der Waals surface area (Å²) < 4.78 is 1.68. The van der Waals surface area contributed by atoms with Gasteiger partial charge in [0.25, 0.3) is 5.56 Å². The lowest BCUT2D eigenvalue weighted by atomic mass is 9.97. The molecule has 28 heavy (non-hydrogen) atoms. The highest BCUT2D eigenvalue weighted by Gasteiger charge is 2.27. The molecule has 0 spiro atoms. The normalized spacial score (nSPS) is 18.2. The third kappa shape index (κ3) is 4.22. The maximum absolute atomic E-state index is 13.0. The van der Waals surface area contributed by atoms with Gasteiger partial charge in [0.05, 0.1) is 22.6 Å². The van der Waals surface area contributed by atoms with E-state index in [-0.39, 0.29) is 35.1 Å². The highest BCUT2D eigenvalue weighted by molar-refractivity contribution is 7.99. The molecule has 1 saturated heterocycles. The first-order chi connectivity index (χ1) is 13.4. The first kappa shape index (κ1) is 20.4. The van der Waals surface area contributed by atoms with Crippen LogP contribution in [0.15, 0.2) is 34.2 Å². The number of nitrogens with two attached hydrogens (primary N) is 1. The minimum Gasteiger partial charge on any atom is -0.369 e. The van der Waals surface area contributed by atoms with E-state index in [1.807, 2.05) is 32.0 Å². The maximum atomic E-state index is 13.0. The van der Waals surface area contributed by atoms with Gasteiger partial charge in [0.1, 0.15) is 0 Å². The van der Waals surface area contributed by atoms with Gasteiger partial charge in [0.15, 0.2) is 5.16 Å². The van der Waals surface area contributed by atoms with E-state index >= 15 is 0 Å². The van der Waals surface area contributed by atoms with E-state index in [0.29, 0.717) is 29.1 Å². The number of hydrogen-bond acceptors (Lipinski definition) is 5. The van der Waals surface area contributed by atoms with E-state index < -0.39 is 0 Å². The molecule has 2 heterocycles. The second-order valence-electron chi connectivity index (χ2n) is 7.21. The van der Waals surface area contributed by atoms with Crippen LogP contribution in [0.2, 0.25) is 0 Å². The summed E-state index contributed by atoms with van der Waals surface area (Å²) >= 11 is 1.28. The quantitative estimate of drug-likeness (QED) is 0.590. The lowest BCUT2D eigenvalue weighted by molar-refractivity contribution is -0.132. The molecule has 1 aliphatic heterocycles. The van der Waals surface area contributed by atoms with Gasteiger partial charge < -0.3 is 10.6 Å². The molecule has 2 amide bonds. The summed E-state index contributed by atoms with van der Waals surface area (Å²) in [6, 6.07) is 7.25. The Bertz CT molecular complexity index is 943. The SMILES string of the molecule is CC[C@H](C)n1c(SCC(=O)N2CCC[C@@H](C(N)=O)C2)nc2ccccc2c1=O. The third-order valence-corrected chi connectivity index (χ3v) is 6.25. The zero-order chi connectivity index (χ0) is 20.3. The Labute approximate surface area is 168 Å². The second-order valence-corrected chi connectivity index (χ2v) is 8.16. The van der Waals surface area contributed by atoms with E-state index in [0.717, 1.165) is 19.3 Å². The highest BCUT2D eigenvalue weighted by atomic mass is 32.2. The summed E-state index contributed by atoms with van der Waals surface area (Å²) in [5.41, 5.74) is 5.95. The van der Waals surface area contributed by atoms with Gasteiger partial charge in [0.2, 0.25) is 11.8 Å². The Balaban J connectivity index is 1.82. The summed E-state index contributed by atoms with van der Waals surface area (Å²) in [4.78, 5) is 43.4. The fourth-order valence-corrected chi connectivity index (χ4v) is 4.45. The summed E-state index contributed by atoms with van der Waals surface area (Å²) in [6.45, 7) is 5.00. The molecule has 0 bridgehead atoms. The van der Waals surface area contributed by atoms with Gasteiger partial charge in [-0.15, -0.1) is 0 Å². The van der Waals surface area contributed by atoms with Crippen molar-refractivity contribution < 1.29 is 9.59 Å². The summed E-state index contributed by atoms with van der Waals surface area (Å²) in [6.07, 6.45) is 2.29. The van der Waals surface area contributed by atoms with Gasteiger partial charge in [-0.25, -0.2) is 4.98 Å². The molecule has 1 aromatic heterocycles. The monoisotopic (exact) mass is 402 g/mol. The number of carbonyl (C=O) groups excluding carboxylic acids is 2. The molecule has 3 rings (SSSR count). The van der Waals surface area contributed by atoms with Crippen molar-refractivity contribution in [3.8, 4) is 0 Å². The van der Waals surface area contributed by atoms with Crippen molar-refractivity contribution in [2.75, 3.05) is 18.8 Å². The zero-order valence-corrected chi connectivity index (χ0v) is 17.1. The van der Waals surface area contributed by atoms with Crippen molar-refractivity contribution >= 4 is 34.5 Å². The van der Waals surface area contributed by atoms with Crippen LogP contribution in [0.5, 0.6) is 0 Å². The Hall–Kier alpha value is -2.35. The second kappa shape index (κ2) is 8.77. The number of hydrogen-bond donors (Lipinski definition) is 1. The van der Waals surface area contributed by atoms with Gasteiger partial charge >= 0.3 is 0 Å². The summed E-state index contributed by atoms with van der Waals surface area (Å²) in [5.74, 6) is -0.520. The number of para-hydroxylation sites is 1. The van der Waals surface area contributed by atoms with Gasteiger partial charge in [-0.3, -0.25) is 19.0 Å². The number of carbonyl (C=O) groups is 2. The minimum absolute atomic E-state index is 0.0172. The molecule has 8 heteroatoms. The Morgan fingerprint density at radius 2 is 2.11 bits per heavy atom. The first-order valence-electron chi connectivity index (χ1n) is 9.63. The molecule has 1 aliphatic rings. The van der Waals surface area contributed by atoms with Gasteiger partial charge in [-0.1, -0.05) is 30.8 Å². The van der Waals surface area contributed by atoms with E-state index in [1.54, 1.807) is 15.5 Å². The molecule has 1 aromatic carbocycles. The van der Waals surface area contributed by atoms with Crippen LogP contribution in [0, 0.1) is 5.92 Å². The van der Waals surface area contributed by atoms with Crippen LogP contribution < -0.4 is 11.3 Å². The topological polar surface area (TPSA) is 98.3 Å². The van der Waals surface area contributed by atoms with Crippen LogP contribution in [-0.4, -0.2) is 45.1 Å². The fourth-order valence-electron chi connectivity index (χ4n) is 3.45. The maximum Gasteiger partial charge on any atom is 0.262 e. The third-order valence-electron chi connectivity index (χ3n) is 5.31. The predicted molar refractivity (Wildman–Crippen MR) is 110 cm³/mol. The van der Waals surface area contributed by atoms with Gasteiger partial charge in [-0.05, 0) is 38.3 Å². The van der Waals surface area contributed by atoms with Crippen LogP contribution in [0.4, 0.5) is 0 Å². The molecule has 7 nitrogen and oxygen atoms in total. The summed E-state index contributed by atoms with van der Waals surface area (Å²) in [7, 11) is 0. The number of primary amides is 1. The van der Waals surface area contributed by atoms with Crippen molar-refractivity contribution in [3.63, 3.8) is 0 Å². The van der Waals surface area contributed by atoms with Crippen LogP contribution in [0.1, 0.15) is 39.2 Å². The molecule has 2 aromatic rings. The zero-order valence-electron chi connectivity index (χ0n) is 16.3. The summed E-state index contributed by atoms with van der Waals surface area (Å²) in [5, 5.41) is 1.13. The van der Waals surface area contributed by atoms with Gasteiger partial charge in [0, 0.05) is 19.1 Å². The number of amides is 2. The molecular weight excluding hydrogens is 376 g/mol. The van der Waals surface area contributed by atoms with E-state index in [2.05, 4.69) is 4.98 Å². The van der Waals surface area contributed by atoms with E-state index in [9.17, 15) is 14.4 Å². The fraction of sp³-hybridized carbons (Fsp3) is 0.500. The van der Waals surface area contributed by atoms with Crippen LogP contribution in [0.25, 0.3) is 10.9 Å². The first-order valence-corrected chi connectivity index (χ1v) is 10.6. The largest absolute Gasteiger partial charge is 0.369 e. The van der Waals surface area contributed by atoms with Crippen molar-refractivity contribution in [2.24, 2.45) is 11.7 Å². The van der Waals surface area contributed by atoms with Crippen molar-refractivity contribution in [1.29, 1.82) is 0 Å². The van der Waals surface area contributed by atoms with E-state index in [4.69, 9.17) is 5.73 Å². The van der Waals surface area contributed by atoms with Crippen LogP contribution >= 0.6 is 11.8 Å². The molecule has 0 unspecified atom stereocenters. The molecule has 1 fully saturated rings. The van der Waals surface area contributed by atoms with Crippen LogP contribution in [-0.2, 0) is 9.59 Å². The molecular formula is C20H26N4O3S. The lowest BCUT2D eigenvalue weighted by Crippen LogP contribution is -2.44. The Morgan fingerprint density at radius 3 is 2.82 bits per heavy atom. The highest BCUT2D eigenvalue weighted by Crippen LogP contribution is 2.24. The molecule has 0 radical (unpaired) electrons. The number of likely N-dealkylation sites (tertiary alicyclic amines) is 1. The average molecular weight is 403 g/mol. The Morgan fingerprint density at radius 1 is 1.36 bits per heavy atom. The molecule has 0 aliphatic carbocycles. The van der Waals surface area contributed by atoms with Gasteiger partial charge in [-0.2, -0.15) is 0 Å². The lowest BCUT2D eigenvalue weighted by Gasteiger charge is -2.31. The smallest absolute Gasteiger partial charge is 0.262 e. The predicted octanol–water partition coefficient (Wildman–Crippen LogP) is 2.18. The number of rotatable bonds is 6. The molecule has 0 saturated carbocycles. The van der Waals surface area contributed by atoms with Crippen LogP contribution in [0.3, 0.4) is 0 Å². The van der Waals surface area contributed by atoms with E-state index in [1.165, 1.54) is 11.8 Å². The standard InChI is InChI=1S/C20H26N4O3S/c1-3-13(2)24-19(27)15-8-4-5-9-16(15)22-20(24)28-12-17(25)23-10-6-7-14(11-23)18(21)26/h4-5,8-9,13-14H,3,6-7,10-12H2,1-2H3,(H2,21,26)/t13-,14+/m0/s1. The van der Waals surface area contributed by atoms with Crippen molar-refractivity contribution in [1.82, 2.24) is 14.5 Å².